The monoisotopic (exact) mass is 266 g/mol. The number of nitrogens with zero attached hydrogens (tertiary/aromatic N) is 2. The molecule has 1 saturated heterocycles. The minimum atomic E-state index is -0.988. The first kappa shape index (κ1) is 14.1. The lowest BCUT2D eigenvalue weighted by atomic mass is 10.1. The van der Waals surface area contributed by atoms with Gasteiger partial charge in [-0.1, -0.05) is 13.8 Å². The molecule has 0 spiro atoms. The van der Waals surface area contributed by atoms with Gasteiger partial charge in [0.05, 0.1) is 6.26 Å². The van der Waals surface area contributed by atoms with E-state index in [1.807, 2.05) is 0 Å². The highest BCUT2D eigenvalue weighted by atomic mass is 16.4. The second-order valence-electron chi connectivity index (χ2n) is 5.55. The molecule has 1 aliphatic heterocycles. The molecular formula is C14H22N2O3. The zero-order valence-corrected chi connectivity index (χ0v) is 11.6. The molecule has 1 aliphatic rings. The van der Waals surface area contributed by atoms with E-state index in [1.165, 1.54) is 6.26 Å². The van der Waals surface area contributed by atoms with Crippen LogP contribution in [0.4, 0.5) is 0 Å². The Hall–Kier alpha value is -1.33. The summed E-state index contributed by atoms with van der Waals surface area (Å²) in [6, 6.07) is 1.75. The van der Waals surface area contributed by atoms with Crippen LogP contribution in [-0.2, 0) is 6.54 Å². The standard InChI is InChI=1S/C14H22N2O3/c1-11(2)9-15-4-6-16(7-5-15)10-12-3-8-19-13(12)14(17)18/h3,8,11H,4-7,9-10H2,1-2H3,(H,17,18). The van der Waals surface area contributed by atoms with E-state index in [0.29, 0.717) is 12.5 Å². The summed E-state index contributed by atoms with van der Waals surface area (Å²) >= 11 is 0. The molecule has 1 fully saturated rings. The van der Waals surface area contributed by atoms with Gasteiger partial charge in [-0.25, -0.2) is 4.79 Å². The van der Waals surface area contributed by atoms with E-state index in [2.05, 4.69) is 23.6 Å². The smallest absolute Gasteiger partial charge is 0.372 e. The number of hydrogen-bond donors (Lipinski definition) is 1. The minimum Gasteiger partial charge on any atom is -0.475 e. The molecular weight excluding hydrogens is 244 g/mol. The molecule has 0 aliphatic carbocycles. The van der Waals surface area contributed by atoms with Crippen LogP contribution in [0.25, 0.3) is 0 Å². The first-order chi connectivity index (χ1) is 9.06. The lowest BCUT2D eigenvalue weighted by Crippen LogP contribution is -2.46. The van der Waals surface area contributed by atoms with Crippen LogP contribution in [-0.4, -0.2) is 53.6 Å². The summed E-state index contributed by atoms with van der Waals surface area (Å²) in [5, 5.41) is 9.00. The zero-order valence-electron chi connectivity index (χ0n) is 11.6. The Balaban J connectivity index is 1.85. The van der Waals surface area contributed by atoms with Gasteiger partial charge in [0, 0.05) is 44.8 Å². The van der Waals surface area contributed by atoms with Gasteiger partial charge >= 0.3 is 5.97 Å². The average molecular weight is 266 g/mol. The number of hydrogen-bond acceptors (Lipinski definition) is 4. The van der Waals surface area contributed by atoms with E-state index >= 15 is 0 Å². The fourth-order valence-corrected chi connectivity index (χ4v) is 2.54. The summed E-state index contributed by atoms with van der Waals surface area (Å²) in [6.45, 7) is 10.3. The third-order valence-electron chi connectivity index (χ3n) is 3.42. The van der Waals surface area contributed by atoms with Crippen molar-refractivity contribution in [2.75, 3.05) is 32.7 Å². The molecule has 0 bridgehead atoms. The van der Waals surface area contributed by atoms with Crippen molar-refractivity contribution in [1.29, 1.82) is 0 Å². The van der Waals surface area contributed by atoms with Crippen molar-refractivity contribution in [3.8, 4) is 0 Å². The fraction of sp³-hybridized carbons (Fsp3) is 0.643. The minimum absolute atomic E-state index is 0.0737. The predicted molar refractivity (Wildman–Crippen MR) is 72.2 cm³/mol. The van der Waals surface area contributed by atoms with Crippen LogP contribution in [0.5, 0.6) is 0 Å². The van der Waals surface area contributed by atoms with Crippen molar-refractivity contribution >= 4 is 5.97 Å². The molecule has 0 amide bonds. The topological polar surface area (TPSA) is 56.9 Å². The largest absolute Gasteiger partial charge is 0.475 e. The van der Waals surface area contributed by atoms with Gasteiger partial charge in [0.25, 0.3) is 0 Å². The molecule has 19 heavy (non-hydrogen) atoms. The second kappa shape index (κ2) is 6.21. The van der Waals surface area contributed by atoms with Gasteiger partial charge in [-0.2, -0.15) is 0 Å². The van der Waals surface area contributed by atoms with Gasteiger partial charge in [0.15, 0.2) is 0 Å². The van der Waals surface area contributed by atoms with E-state index in [-0.39, 0.29) is 5.76 Å². The van der Waals surface area contributed by atoms with Crippen molar-refractivity contribution < 1.29 is 14.3 Å². The molecule has 106 valence electrons. The molecule has 1 aromatic heterocycles. The Labute approximate surface area is 113 Å². The van der Waals surface area contributed by atoms with Gasteiger partial charge in [-0.15, -0.1) is 0 Å². The number of furan rings is 1. The van der Waals surface area contributed by atoms with Crippen molar-refractivity contribution in [2.45, 2.75) is 20.4 Å². The number of carboxylic acids is 1. The van der Waals surface area contributed by atoms with Crippen molar-refractivity contribution in [1.82, 2.24) is 9.80 Å². The molecule has 5 heteroatoms. The molecule has 0 aromatic carbocycles. The molecule has 0 unspecified atom stereocenters. The van der Waals surface area contributed by atoms with Crippen LogP contribution in [0, 0.1) is 5.92 Å². The Kier molecular flexibility index (Phi) is 4.61. The third kappa shape index (κ3) is 3.81. The predicted octanol–water partition coefficient (Wildman–Crippen LogP) is 1.75. The van der Waals surface area contributed by atoms with E-state index in [0.717, 1.165) is 38.3 Å². The summed E-state index contributed by atoms with van der Waals surface area (Å²) < 4.78 is 5.00. The summed E-state index contributed by atoms with van der Waals surface area (Å²) in [7, 11) is 0. The molecule has 0 saturated carbocycles. The summed E-state index contributed by atoms with van der Waals surface area (Å²) in [6.07, 6.45) is 1.45. The summed E-state index contributed by atoms with van der Waals surface area (Å²) in [5.41, 5.74) is 0.768. The van der Waals surface area contributed by atoms with Gasteiger partial charge in [-0.3, -0.25) is 4.90 Å². The molecule has 5 nitrogen and oxygen atoms in total. The van der Waals surface area contributed by atoms with Crippen molar-refractivity contribution in [3.63, 3.8) is 0 Å². The molecule has 0 atom stereocenters. The quantitative estimate of drug-likeness (QED) is 0.880. The maximum absolute atomic E-state index is 11.0. The maximum atomic E-state index is 11.0. The van der Waals surface area contributed by atoms with E-state index in [1.54, 1.807) is 6.07 Å². The van der Waals surface area contributed by atoms with Crippen LogP contribution in [0.3, 0.4) is 0 Å². The van der Waals surface area contributed by atoms with E-state index < -0.39 is 5.97 Å². The SMILES string of the molecule is CC(C)CN1CCN(Cc2ccoc2C(=O)O)CC1. The first-order valence-corrected chi connectivity index (χ1v) is 6.80. The summed E-state index contributed by atoms with van der Waals surface area (Å²) in [4.78, 5) is 15.7. The Morgan fingerprint density at radius 3 is 2.53 bits per heavy atom. The maximum Gasteiger partial charge on any atom is 0.372 e. The van der Waals surface area contributed by atoms with E-state index in [4.69, 9.17) is 9.52 Å². The highest BCUT2D eigenvalue weighted by Crippen LogP contribution is 2.15. The lowest BCUT2D eigenvalue weighted by Gasteiger charge is -2.35. The fourth-order valence-electron chi connectivity index (χ4n) is 2.54. The van der Waals surface area contributed by atoms with Gasteiger partial charge in [0.1, 0.15) is 0 Å². The Morgan fingerprint density at radius 1 is 1.32 bits per heavy atom. The van der Waals surface area contributed by atoms with Crippen LogP contribution < -0.4 is 0 Å². The van der Waals surface area contributed by atoms with Gasteiger partial charge in [0.2, 0.25) is 5.76 Å². The highest BCUT2D eigenvalue weighted by molar-refractivity contribution is 5.86. The summed E-state index contributed by atoms with van der Waals surface area (Å²) in [5.74, 6) is -0.220. The molecule has 2 heterocycles. The van der Waals surface area contributed by atoms with Crippen LogP contribution in [0.15, 0.2) is 16.7 Å². The van der Waals surface area contributed by atoms with Crippen LogP contribution in [0.1, 0.15) is 30.0 Å². The first-order valence-electron chi connectivity index (χ1n) is 6.80. The average Bonchev–Trinajstić information content (AvgIpc) is 2.79. The molecule has 0 radical (unpaired) electrons. The number of piperazine rings is 1. The number of carbonyl (C=O) groups is 1. The van der Waals surface area contributed by atoms with Gasteiger partial charge < -0.3 is 14.4 Å². The zero-order chi connectivity index (χ0) is 13.8. The van der Waals surface area contributed by atoms with Crippen molar-refractivity contribution in [2.24, 2.45) is 5.92 Å². The number of aromatic carboxylic acids is 1. The number of rotatable bonds is 5. The second-order valence-corrected chi connectivity index (χ2v) is 5.55. The van der Waals surface area contributed by atoms with Gasteiger partial charge in [-0.05, 0) is 12.0 Å². The Morgan fingerprint density at radius 2 is 1.95 bits per heavy atom. The lowest BCUT2D eigenvalue weighted by molar-refractivity contribution is 0.0656. The van der Waals surface area contributed by atoms with Crippen molar-refractivity contribution in [3.05, 3.63) is 23.7 Å². The molecule has 1 aromatic rings. The Bertz CT molecular complexity index is 420. The number of carboxylic acid groups (broad SMARTS) is 1. The normalized spacial score (nSPS) is 18.1. The molecule has 2 rings (SSSR count). The van der Waals surface area contributed by atoms with Crippen LogP contribution >= 0.6 is 0 Å². The van der Waals surface area contributed by atoms with E-state index in [9.17, 15) is 4.79 Å². The third-order valence-corrected chi connectivity index (χ3v) is 3.42. The molecule has 1 N–H and O–H groups in total. The van der Waals surface area contributed by atoms with Crippen LogP contribution in [0.2, 0.25) is 0 Å². The highest BCUT2D eigenvalue weighted by Gasteiger charge is 2.21.